The number of rotatable bonds is 3. The number of carboxylic acid groups (broad SMARTS) is 1. The number of carboxylic acids is 1. The minimum atomic E-state index is -0.999. The first kappa shape index (κ1) is 16.7. The van der Waals surface area contributed by atoms with Crippen molar-refractivity contribution in [3.05, 3.63) is 16.1 Å². The van der Waals surface area contributed by atoms with Gasteiger partial charge in [0.25, 0.3) is 0 Å². The van der Waals surface area contributed by atoms with Crippen LogP contribution in [0.4, 0.5) is 4.79 Å². The average Bonchev–Trinajstić information content (AvgIpc) is 2.86. The van der Waals surface area contributed by atoms with Gasteiger partial charge >= 0.3 is 12.1 Å². The summed E-state index contributed by atoms with van der Waals surface area (Å²) in [6.07, 6.45) is 2.38. The van der Waals surface area contributed by atoms with E-state index in [0.29, 0.717) is 25.4 Å². The van der Waals surface area contributed by atoms with Gasteiger partial charge in [0.1, 0.15) is 5.60 Å². The van der Waals surface area contributed by atoms with Gasteiger partial charge in [0.2, 0.25) is 0 Å². The summed E-state index contributed by atoms with van der Waals surface area (Å²) in [4.78, 5) is 28.8. The first-order valence-corrected chi connectivity index (χ1v) is 8.28. The van der Waals surface area contributed by atoms with Crippen molar-refractivity contribution in [1.82, 2.24) is 9.88 Å². The molecular formula is C15H22N2O4S. The van der Waals surface area contributed by atoms with E-state index in [0.717, 1.165) is 17.8 Å². The van der Waals surface area contributed by atoms with E-state index in [1.54, 1.807) is 10.3 Å². The second kappa shape index (κ2) is 6.64. The number of nitrogens with zero attached hydrogens (tertiary/aromatic N) is 2. The van der Waals surface area contributed by atoms with Gasteiger partial charge in [-0.15, -0.1) is 11.3 Å². The maximum Gasteiger partial charge on any atom is 0.410 e. The molecule has 1 fully saturated rings. The van der Waals surface area contributed by atoms with Gasteiger partial charge in [0.15, 0.2) is 5.69 Å². The van der Waals surface area contributed by atoms with Crippen molar-refractivity contribution in [1.29, 1.82) is 0 Å². The molecule has 1 aromatic rings. The molecule has 0 aliphatic carbocycles. The molecule has 0 saturated carbocycles. The molecule has 0 spiro atoms. The zero-order valence-electron chi connectivity index (χ0n) is 13.2. The molecular weight excluding hydrogens is 304 g/mol. The van der Waals surface area contributed by atoms with Crippen molar-refractivity contribution in [3.8, 4) is 0 Å². The number of likely N-dealkylation sites (tertiary alicyclic amines) is 1. The Morgan fingerprint density at radius 1 is 1.50 bits per heavy atom. The molecule has 1 saturated heterocycles. The highest BCUT2D eigenvalue weighted by atomic mass is 32.1. The molecule has 0 radical (unpaired) electrons. The lowest BCUT2D eigenvalue weighted by atomic mass is 9.95. The van der Waals surface area contributed by atoms with Crippen molar-refractivity contribution >= 4 is 23.4 Å². The Balaban J connectivity index is 1.92. The summed E-state index contributed by atoms with van der Waals surface area (Å²) in [7, 11) is 0. The van der Waals surface area contributed by atoms with Crippen LogP contribution in [0, 0.1) is 5.92 Å². The monoisotopic (exact) mass is 326 g/mol. The summed E-state index contributed by atoms with van der Waals surface area (Å²) in [5.41, 5.74) is -0.393. The maximum absolute atomic E-state index is 12.1. The quantitative estimate of drug-likeness (QED) is 0.923. The molecule has 0 bridgehead atoms. The molecule has 2 rings (SSSR count). The maximum atomic E-state index is 12.1. The molecule has 1 N–H and O–H groups in total. The highest BCUT2D eigenvalue weighted by Crippen LogP contribution is 2.24. The van der Waals surface area contributed by atoms with E-state index < -0.39 is 11.6 Å². The van der Waals surface area contributed by atoms with Crippen LogP contribution in [0.2, 0.25) is 0 Å². The van der Waals surface area contributed by atoms with Crippen molar-refractivity contribution < 1.29 is 19.4 Å². The van der Waals surface area contributed by atoms with E-state index >= 15 is 0 Å². The molecule has 0 aromatic carbocycles. The van der Waals surface area contributed by atoms with Crippen LogP contribution < -0.4 is 0 Å². The van der Waals surface area contributed by atoms with Gasteiger partial charge in [-0.1, -0.05) is 0 Å². The van der Waals surface area contributed by atoms with Crippen LogP contribution in [-0.4, -0.2) is 45.7 Å². The van der Waals surface area contributed by atoms with Crippen LogP contribution in [0.1, 0.15) is 49.1 Å². The van der Waals surface area contributed by atoms with E-state index in [4.69, 9.17) is 9.84 Å². The summed E-state index contributed by atoms with van der Waals surface area (Å²) in [6.45, 7) is 6.92. The standard InChI is InChI=1S/C15H22N2O4S/c1-15(2,3)21-14(20)17-6-4-5-10(8-17)7-12-16-11(9-22-12)13(18)19/h9-10H,4-8H2,1-3H3,(H,18,19). The number of thiazole rings is 1. The van der Waals surface area contributed by atoms with Crippen LogP contribution in [0.15, 0.2) is 5.38 Å². The molecule has 1 unspecified atom stereocenters. The zero-order valence-corrected chi connectivity index (χ0v) is 14.0. The van der Waals surface area contributed by atoms with Crippen LogP contribution in [-0.2, 0) is 11.2 Å². The molecule has 22 heavy (non-hydrogen) atoms. The summed E-state index contributed by atoms with van der Waals surface area (Å²) in [5, 5.41) is 11.3. The fraction of sp³-hybridized carbons (Fsp3) is 0.667. The van der Waals surface area contributed by atoms with Crippen molar-refractivity contribution in [3.63, 3.8) is 0 Å². The number of aromatic nitrogens is 1. The third-order valence-electron chi connectivity index (χ3n) is 3.40. The van der Waals surface area contributed by atoms with Crippen LogP contribution in [0.3, 0.4) is 0 Å². The topological polar surface area (TPSA) is 79.7 Å². The van der Waals surface area contributed by atoms with Gasteiger partial charge in [0, 0.05) is 24.9 Å². The molecule has 1 aliphatic heterocycles. The highest BCUT2D eigenvalue weighted by molar-refractivity contribution is 7.09. The van der Waals surface area contributed by atoms with E-state index in [1.807, 2.05) is 20.8 Å². The third-order valence-corrected chi connectivity index (χ3v) is 4.28. The SMILES string of the molecule is CC(C)(C)OC(=O)N1CCCC(Cc2nc(C(=O)O)cs2)C1. The molecule has 122 valence electrons. The van der Waals surface area contributed by atoms with E-state index in [2.05, 4.69) is 4.98 Å². The number of piperidine rings is 1. The number of carbonyl (C=O) groups is 2. The normalized spacial score (nSPS) is 19.0. The Morgan fingerprint density at radius 3 is 2.82 bits per heavy atom. The molecule has 7 heteroatoms. The van der Waals surface area contributed by atoms with Crippen molar-refractivity contribution in [2.24, 2.45) is 5.92 Å². The summed E-state index contributed by atoms with van der Waals surface area (Å²) in [6, 6.07) is 0. The molecule has 1 aromatic heterocycles. The molecule has 2 heterocycles. The number of hydrogen-bond acceptors (Lipinski definition) is 5. The van der Waals surface area contributed by atoms with Crippen LogP contribution in [0.25, 0.3) is 0 Å². The minimum absolute atomic E-state index is 0.0970. The largest absolute Gasteiger partial charge is 0.476 e. The summed E-state index contributed by atoms with van der Waals surface area (Å²) < 4.78 is 5.41. The molecule has 1 atom stereocenters. The van der Waals surface area contributed by atoms with E-state index in [-0.39, 0.29) is 11.8 Å². The summed E-state index contributed by atoms with van der Waals surface area (Å²) in [5.74, 6) is -0.699. The number of ether oxygens (including phenoxy) is 1. The predicted octanol–water partition coefficient (Wildman–Crippen LogP) is 3.03. The Bertz CT molecular complexity index is 550. The first-order valence-electron chi connectivity index (χ1n) is 7.40. The van der Waals surface area contributed by atoms with Gasteiger partial charge in [0.05, 0.1) is 5.01 Å². The highest BCUT2D eigenvalue weighted by Gasteiger charge is 2.28. The number of amides is 1. The molecule has 1 aliphatic rings. The van der Waals surface area contributed by atoms with Crippen LogP contribution >= 0.6 is 11.3 Å². The second-order valence-electron chi connectivity index (χ2n) is 6.57. The number of hydrogen-bond donors (Lipinski definition) is 1. The van der Waals surface area contributed by atoms with Gasteiger partial charge in [-0.3, -0.25) is 0 Å². The van der Waals surface area contributed by atoms with Gasteiger partial charge in [-0.05, 0) is 39.5 Å². The third kappa shape index (κ3) is 4.69. The minimum Gasteiger partial charge on any atom is -0.476 e. The lowest BCUT2D eigenvalue weighted by Crippen LogP contribution is -2.43. The van der Waals surface area contributed by atoms with Gasteiger partial charge < -0.3 is 14.7 Å². The Labute approximate surface area is 134 Å². The van der Waals surface area contributed by atoms with Gasteiger partial charge in [-0.2, -0.15) is 0 Å². The van der Waals surface area contributed by atoms with Crippen molar-refractivity contribution in [2.45, 2.75) is 45.6 Å². The van der Waals surface area contributed by atoms with E-state index in [9.17, 15) is 9.59 Å². The first-order chi connectivity index (χ1) is 10.2. The van der Waals surface area contributed by atoms with Crippen molar-refractivity contribution in [2.75, 3.05) is 13.1 Å². The Hall–Kier alpha value is -1.63. The lowest BCUT2D eigenvalue weighted by molar-refractivity contribution is 0.0166. The Kier molecular flexibility index (Phi) is 5.05. The average molecular weight is 326 g/mol. The van der Waals surface area contributed by atoms with Crippen LogP contribution in [0.5, 0.6) is 0 Å². The number of carbonyl (C=O) groups excluding carboxylic acids is 1. The summed E-state index contributed by atoms with van der Waals surface area (Å²) >= 11 is 1.36. The fourth-order valence-corrected chi connectivity index (χ4v) is 3.36. The smallest absolute Gasteiger partial charge is 0.410 e. The Morgan fingerprint density at radius 2 is 2.23 bits per heavy atom. The fourth-order valence-electron chi connectivity index (χ4n) is 2.47. The zero-order chi connectivity index (χ0) is 16.3. The number of aromatic carboxylic acids is 1. The lowest BCUT2D eigenvalue weighted by Gasteiger charge is -2.33. The predicted molar refractivity (Wildman–Crippen MR) is 83.3 cm³/mol. The molecule has 1 amide bonds. The van der Waals surface area contributed by atoms with E-state index in [1.165, 1.54) is 11.3 Å². The second-order valence-corrected chi connectivity index (χ2v) is 7.51. The molecule has 6 nitrogen and oxygen atoms in total. The van der Waals surface area contributed by atoms with Gasteiger partial charge in [-0.25, -0.2) is 14.6 Å².